The Morgan fingerprint density at radius 1 is 1.17 bits per heavy atom. The fraction of sp³-hybridized carbons (Fsp3) is 0.174. The van der Waals surface area contributed by atoms with Crippen molar-refractivity contribution in [3.8, 4) is 11.1 Å². The summed E-state index contributed by atoms with van der Waals surface area (Å²) in [6.07, 6.45) is 0. The van der Waals surface area contributed by atoms with Crippen LogP contribution in [-0.4, -0.2) is 21.1 Å². The second kappa shape index (κ2) is 8.85. The van der Waals surface area contributed by atoms with Gasteiger partial charge in [-0.3, -0.25) is 9.59 Å². The molecule has 2 N–H and O–H groups in total. The Bertz CT molecular complexity index is 1250. The van der Waals surface area contributed by atoms with Crippen LogP contribution < -0.4 is 10.9 Å². The zero-order valence-electron chi connectivity index (χ0n) is 16.6. The van der Waals surface area contributed by atoms with E-state index in [1.165, 1.54) is 23.1 Å². The van der Waals surface area contributed by atoms with E-state index in [-0.39, 0.29) is 16.7 Å². The molecule has 0 bridgehead atoms. The van der Waals surface area contributed by atoms with Crippen LogP contribution in [0.1, 0.15) is 18.3 Å². The number of anilines is 1. The summed E-state index contributed by atoms with van der Waals surface area (Å²) in [7, 11) is 0. The number of hydrogen-bond donors (Lipinski definition) is 2. The smallest absolute Gasteiger partial charge is 0.260 e. The van der Waals surface area contributed by atoms with E-state index < -0.39 is 0 Å². The standard InChI is InChI=1S/C23H21N3O2S2/c1-14-8-6-7-11-18(14)24-21(27)15(2)29-13-19-25-22(28)20-17(12-30-23(20)26-19)16-9-4-3-5-10-16/h3-12,15H,13H2,1-2H3,(H,24,27)(H,25,26,28). The van der Waals surface area contributed by atoms with Gasteiger partial charge in [-0.15, -0.1) is 23.1 Å². The van der Waals surface area contributed by atoms with Crippen molar-refractivity contribution >= 4 is 44.9 Å². The molecule has 30 heavy (non-hydrogen) atoms. The van der Waals surface area contributed by atoms with Crippen LogP contribution in [0.2, 0.25) is 0 Å². The first kappa shape index (κ1) is 20.4. The minimum Gasteiger partial charge on any atom is -0.325 e. The summed E-state index contributed by atoms with van der Waals surface area (Å²) in [6, 6.07) is 17.5. The molecule has 0 aliphatic carbocycles. The fourth-order valence-electron chi connectivity index (χ4n) is 3.12. The van der Waals surface area contributed by atoms with Gasteiger partial charge in [0.1, 0.15) is 10.7 Å². The maximum atomic E-state index is 12.7. The van der Waals surface area contributed by atoms with Crippen molar-refractivity contribution in [3.63, 3.8) is 0 Å². The number of carbonyl (C=O) groups is 1. The van der Waals surface area contributed by atoms with Gasteiger partial charge >= 0.3 is 0 Å². The minimum absolute atomic E-state index is 0.0692. The molecule has 1 amide bonds. The first-order valence-corrected chi connectivity index (χ1v) is 11.5. The molecule has 0 spiro atoms. The summed E-state index contributed by atoms with van der Waals surface area (Å²) < 4.78 is 0. The van der Waals surface area contributed by atoms with Gasteiger partial charge in [0.25, 0.3) is 5.56 Å². The number of nitrogens with one attached hydrogen (secondary N) is 2. The Balaban J connectivity index is 1.47. The predicted octanol–water partition coefficient (Wildman–Crippen LogP) is 5.22. The normalized spacial score (nSPS) is 12.1. The molecule has 1 atom stereocenters. The zero-order valence-corrected chi connectivity index (χ0v) is 18.3. The summed E-state index contributed by atoms with van der Waals surface area (Å²) in [5.41, 5.74) is 3.59. The molecule has 2 aromatic heterocycles. The lowest BCUT2D eigenvalue weighted by Crippen LogP contribution is -2.23. The number of fused-ring (bicyclic) bond motifs is 1. The van der Waals surface area contributed by atoms with Gasteiger partial charge in [0.15, 0.2) is 0 Å². The van der Waals surface area contributed by atoms with Crippen LogP contribution in [0, 0.1) is 6.92 Å². The topological polar surface area (TPSA) is 74.8 Å². The quantitative estimate of drug-likeness (QED) is 0.435. The van der Waals surface area contributed by atoms with Crippen molar-refractivity contribution in [2.45, 2.75) is 24.9 Å². The Morgan fingerprint density at radius 3 is 2.67 bits per heavy atom. The predicted molar refractivity (Wildman–Crippen MR) is 126 cm³/mol. The number of amides is 1. The van der Waals surface area contributed by atoms with Gasteiger partial charge < -0.3 is 10.3 Å². The summed E-state index contributed by atoms with van der Waals surface area (Å²) in [5, 5.41) is 5.26. The van der Waals surface area contributed by atoms with Crippen molar-refractivity contribution in [2.75, 3.05) is 5.32 Å². The third kappa shape index (κ3) is 4.32. The van der Waals surface area contributed by atoms with Gasteiger partial charge in [0, 0.05) is 16.6 Å². The minimum atomic E-state index is -0.283. The molecule has 0 aliphatic rings. The highest BCUT2D eigenvalue weighted by atomic mass is 32.2. The Morgan fingerprint density at radius 2 is 1.90 bits per heavy atom. The average Bonchev–Trinajstić information content (AvgIpc) is 3.19. The number of benzene rings is 2. The lowest BCUT2D eigenvalue weighted by atomic mass is 10.1. The van der Waals surface area contributed by atoms with E-state index in [4.69, 9.17) is 0 Å². The molecule has 4 rings (SSSR count). The molecule has 2 aromatic carbocycles. The second-order valence-electron chi connectivity index (χ2n) is 6.97. The summed E-state index contributed by atoms with van der Waals surface area (Å²) >= 11 is 2.90. The lowest BCUT2D eigenvalue weighted by molar-refractivity contribution is -0.115. The highest BCUT2D eigenvalue weighted by Gasteiger charge is 2.17. The van der Waals surface area contributed by atoms with Gasteiger partial charge in [-0.1, -0.05) is 48.5 Å². The maximum Gasteiger partial charge on any atom is 0.260 e. The highest BCUT2D eigenvalue weighted by Crippen LogP contribution is 2.31. The summed E-state index contributed by atoms with van der Waals surface area (Å²) in [6.45, 7) is 3.82. The molecule has 7 heteroatoms. The van der Waals surface area contributed by atoms with Crippen LogP contribution in [-0.2, 0) is 10.5 Å². The van der Waals surface area contributed by atoms with Crippen molar-refractivity contribution in [1.82, 2.24) is 9.97 Å². The van der Waals surface area contributed by atoms with Crippen LogP contribution in [0.25, 0.3) is 21.3 Å². The number of H-pyrrole nitrogens is 1. The number of carbonyl (C=O) groups excluding carboxylic acids is 1. The summed E-state index contributed by atoms with van der Waals surface area (Å²) in [5.74, 6) is 0.960. The number of aromatic nitrogens is 2. The molecule has 0 radical (unpaired) electrons. The molecule has 0 fully saturated rings. The number of para-hydroxylation sites is 1. The van der Waals surface area contributed by atoms with Crippen molar-refractivity contribution in [3.05, 3.63) is 81.7 Å². The highest BCUT2D eigenvalue weighted by molar-refractivity contribution is 7.99. The van der Waals surface area contributed by atoms with Gasteiger partial charge in [0.2, 0.25) is 5.91 Å². The first-order valence-electron chi connectivity index (χ1n) is 9.57. The molecule has 5 nitrogen and oxygen atoms in total. The van der Waals surface area contributed by atoms with E-state index in [1.807, 2.05) is 73.8 Å². The number of aryl methyl sites for hydroxylation is 1. The number of thioether (sulfide) groups is 1. The zero-order chi connectivity index (χ0) is 21.1. The number of nitrogens with zero attached hydrogens (tertiary/aromatic N) is 1. The fourth-order valence-corrected chi connectivity index (χ4v) is 4.84. The second-order valence-corrected chi connectivity index (χ2v) is 9.15. The van der Waals surface area contributed by atoms with Gasteiger partial charge in [0.05, 0.1) is 16.4 Å². The Hall–Kier alpha value is -2.90. The van der Waals surface area contributed by atoms with Crippen LogP contribution in [0.4, 0.5) is 5.69 Å². The number of thiophene rings is 1. The largest absolute Gasteiger partial charge is 0.325 e. The van der Waals surface area contributed by atoms with Gasteiger partial charge in [-0.2, -0.15) is 0 Å². The van der Waals surface area contributed by atoms with Crippen molar-refractivity contribution < 1.29 is 4.79 Å². The summed E-state index contributed by atoms with van der Waals surface area (Å²) in [4.78, 5) is 33.5. The average molecular weight is 436 g/mol. The third-order valence-corrected chi connectivity index (χ3v) is 6.85. The number of aromatic amines is 1. The Labute approximate surface area is 182 Å². The van der Waals surface area contributed by atoms with E-state index in [1.54, 1.807) is 0 Å². The van der Waals surface area contributed by atoms with Crippen LogP contribution in [0.3, 0.4) is 0 Å². The van der Waals surface area contributed by atoms with Crippen LogP contribution >= 0.6 is 23.1 Å². The monoisotopic (exact) mass is 435 g/mol. The van der Waals surface area contributed by atoms with E-state index in [2.05, 4.69) is 15.3 Å². The molecular weight excluding hydrogens is 414 g/mol. The lowest BCUT2D eigenvalue weighted by Gasteiger charge is -2.13. The Kier molecular flexibility index (Phi) is 6.01. The third-order valence-electron chi connectivity index (χ3n) is 4.82. The van der Waals surface area contributed by atoms with Gasteiger partial charge in [-0.05, 0) is 31.0 Å². The number of rotatable bonds is 6. The van der Waals surface area contributed by atoms with Gasteiger partial charge in [-0.25, -0.2) is 4.98 Å². The van der Waals surface area contributed by atoms with Crippen LogP contribution in [0.5, 0.6) is 0 Å². The van der Waals surface area contributed by atoms with E-state index in [0.717, 1.165) is 22.4 Å². The molecule has 0 saturated heterocycles. The van der Waals surface area contributed by atoms with Crippen molar-refractivity contribution in [1.29, 1.82) is 0 Å². The maximum absolute atomic E-state index is 12.7. The number of hydrogen-bond acceptors (Lipinski definition) is 5. The van der Waals surface area contributed by atoms with E-state index in [0.29, 0.717) is 21.8 Å². The molecule has 0 aliphatic heterocycles. The first-order chi connectivity index (χ1) is 14.5. The molecule has 4 aromatic rings. The van der Waals surface area contributed by atoms with Crippen molar-refractivity contribution in [2.24, 2.45) is 0 Å². The van der Waals surface area contributed by atoms with Crippen LogP contribution in [0.15, 0.2) is 64.8 Å². The van der Waals surface area contributed by atoms with E-state index in [9.17, 15) is 9.59 Å². The molecule has 2 heterocycles. The van der Waals surface area contributed by atoms with E-state index >= 15 is 0 Å². The molecular formula is C23H21N3O2S2. The molecule has 1 unspecified atom stereocenters. The molecule has 152 valence electrons. The molecule has 0 saturated carbocycles. The SMILES string of the molecule is Cc1ccccc1NC(=O)C(C)SCc1nc2scc(-c3ccccc3)c2c(=O)[nH]1.